The molecule has 0 fully saturated rings. The van der Waals surface area contributed by atoms with Crippen LogP contribution in [0.2, 0.25) is 0 Å². The maximum Gasteiger partial charge on any atom is 0.0483 e. The van der Waals surface area contributed by atoms with E-state index in [4.69, 9.17) is 0 Å². The Kier molecular flexibility index (Phi) is 5.00. The molecular weight excluding hydrogens is 234 g/mol. The van der Waals surface area contributed by atoms with Crippen molar-refractivity contribution in [3.63, 3.8) is 0 Å². The van der Waals surface area contributed by atoms with E-state index in [0.29, 0.717) is 0 Å². The van der Waals surface area contributed by atoms with Gasteiger partial charge >= 0.3 is 0 Å². The van der Waals surface area contributed by atoms with Gasteiger partial charge in [-0.1, -0.05) is 12.1 Å². The summed E-state index contributed by atoms with van der Waals surface area (Å²) in [7, 11) is 4.24. The van der Waals surface area contributed by atoms with Crippen LogP contribution in [0.1, 0.15) is 12.0 Å². The molecule has 0 saturated carbocycles. The fourth-order valence-electron chi connectivity index (χ4n) is 2.42. The zero-order chi connectivity index (χ0) is 13.7. The highest BCUT2D eigenvalue weighted by molar-refractivity contribution is 5.83. The van der Waals surface area contributed by atoms with Crippen molar-refractivity contribution in [2.24, 2.45) is 0 Å². The molecule has 0 aliphatic rings. The van der Waals surface area contributed by atoms with Crippen LogP contribution in [0.3, 0.4) is 0 Å². The number of nitrogens with one attached hydrogen (secondary N) is 1. The fourth-order valence-corrected chi connectivity index (χ4v) is 2.42. The maximum absolute atomic E-state index is 3.51. The van der Waals surface area contributed by atoms with Gasteiger partial charge in [0.25, 0.3) is 0 Å². The molecule has 0 amide bonds. The highest BCUT2D eigenvalue weighted by Crippen LogP contribution is 2.19. The van der Waals surface area contributed by atoms with Gasteiger partial charge in [-0.05, 0) is 58.2 Å². The molecule has 1 N–H and O–H groups in total. The van der Waals surface area contributed by atoms with Crippen molar-refractivity contribution < 1.29 is 0 Å². The van der Waals surface area contributed by atoms with Crippen LogP contribution in [-0.2, 0) is 6.54 Å². The molecule has 0 radical (unpaired) electrons. The molecule has 104 valence electrons. The summed E-state index contributed by atoms with van der Waals surface area (Å²) in [5.41, 5.74) is 2.70. The fraction of sp³-hybridized carbons (Fsp3) is 0.500. The normalized spacial score (nSPS) is 11.6. The van der Waals surface area contributed by atoms with Gasteiger partial charge in [0, 0.05) is 30.2 Å². The molecule has 0 spiro atoms. The number of aryl methyl sites for hydroxylation is 1. The second-order valence-electron chi connectivity index (χ2n) is 5.42. The number of rotatable bonds is 7. The van der Waals surface area contributed by atoms with Crippen molar-refractivity contribution in [3.8, 4) is 0 Å². The largest absolute Gasteiger partial charge is 0.346 e. The minimum absolute atomic E-state index is 1.03. The smallest absolute Gasteiger partial charge is 0.0483 e. The molecule has 3 heteroatoms. The highest BCUT2D eigenvalue weighted by atomic mass is 15.1. The summed E-state index contributed by atoms with van der Waals surface area (Å²) in [4.78, 5) is 2.23. The summed E-state index contributed by atoms with van der Waals surface area (Å²) in [5.74, 6) is 0. The van der Waals surface area contributed by atoms with Gasteiger partial charge in [0.15, 0.2) is 0 Å². The van der Waals surface area contributed by atoms with Gasteiger partial charge in [-0.25, -0.2) is 0 Å². The van der Waals surface area contributed by atoms with E-state index in [2.05, 4.69) is 66.3 Å². The van der Waals surface area contributed by atoms with Crippen LogP contribution in [0.4, 0.5) is 0 Å². The molecule has 0 aliphatic heterocycles. The first kappa shape index (κ1) is 14.1. The molecule has 0 aliphatic carbocycles. The van der Waals surface area contributed by atoms with Gasteiger partial charge in [-0.2, -0.15) is 0 Å². The van der Waals surface area contributed by atoms with Crippen molar-refractivity contribution in [3.05, 3.63) is 36.0 Å². The third kappa shape index (κ3) is 3.82. The monoisotopic (exact) mass is 259 g/mol. The van der Waals surface area contributed by atoms with Crippen molar-refractivity contribution in [2.45, 2.75) is 19.9 Å². The first-order chi connectivity index (χ1) is 9.18. The highest BCUT2D eigenvalue weighted by Gasteiger charge is 2.02. The Balaban J connectivity index is 1.81. The van der Waals surface area contributed by atoms with Crippen LogP contribution in [0, 0.1) is 6.92 Å². The zero-order valence-electron chi connectivity index (χ0n) is 12.3. The van der Waals surface area contributed by atoms with E-state index in [1.807, 2.05) is 0 Å². The van der Waals surface area contributed by atoms with Crippen LogP contribution < -0.4 is 5.32 Å². The predicted molar refractivity (Wildman–Crippen MR) is 82.7 cm³/mol. The summed E-state index contributed by atoms with van der Waals surface area (Å²) in [6, 6.07) is 8.73. The standard InChI is InChI=1S/C16H25N3/c1-14-6-4-7-16-15(14)8-12-19(16)13-10-17-9-5-11-18(2)3/h4,6-8,12,17H,5,9-11,13H2,1-3H3. The van der Waals surface area contributed by atoms with Crippen molar-refractivity contribution in [2.75, 3.05) is 33.7 Å². The van der Waals surface area contributed by atoms with E-state index in [1.165, 1.54) is 22.9 Å². The van der Waals surface area contributed by atoms with Gasteiger partial charge in [0.05, 0.1) is 0 Å². The summed E-state index contributed by atoms with van der Waals surface area (Å²) in [5, 5.41) is 4.88. The van der Waals surface area contributed by atoms with Gasteiger partial charge < -0.3 is 14.8 Å². The van der Waals surface area contributed by atoms with Crippen LogP contribution in [-0.4, -0.2) is 43.2 Å². The minimum atomic E-state index is 1.03. The van der Waals surface area contributed by atoms with E-state index >= 15 is 0 Å². The van der Waals surface area contributed by atoms with Gasteiger partial charge in [0.1, 0.15) is 0 Å². The number of aromatic nitrogens is 1. The lowest BCUT2D eigenvalue weighted by Crippen LogP contribution is -2.24. The Morgan fingerprint density at radius 2 is 2.00 bits per heavy atom. The molecular formula is C16H25N3. The first-order valence-corrected chi connectivity index (χ1v) is 7.08. The van der Waals surface area contributed by atoms with Crippen molar-refractivity contribution in [1.82, 2.24) is 14.8 Å². The third-order valence-electron chi connectivity index (χ3n) is 3.52. The number of hydrogen-bond donors (Lipinski definition) is 1. The first-order valence-electron chi connectivity index (χ1n) is 7.08. The molecule has 0 atom stereocenters. The molecule has 2 aromatic rings. The van der Waals surface area contributed by atoms with Crippen LogP contribution in [0.15, 0.2) is 30.5 Å². The van der Waals surface area contributed by atoms with E-state index in [1.54, 1.807) is 0 Å². The topological polar surface area (TPSA) is 20.2 Å². The Labute approximate surface area is 116 Å². The van der Waals surface area contributed by atoms with Crippen molar-refractivity contribution in [1.29, 1.82) is 0 Å². The van der Waals surface area contributed by atoms with Crippen molar-refractivity contribution >= 4 is 10.9 Å². The lowest BCUT2D eigenvalue weighted by Gasteiger charge is -2.10. The molecule has 1 heterocycles. The SMILES string of the molecule is Cc1cccc2c1ccn2CCNCCCN(C)C. The molecule has 0 unspecified atom stereocenters. The van der Waals surface area contributed by atoms with E-state index in [0.717, 1.165) is 26.2 Å². The second-order valence-corrected chi connectivity index (χ2v) is 5.42. The Morgan fingerprint density at radius 3 is 2.79 bits per heavy atom. The van der Waals surface area contributed by atoms with Crippen LogP contribution in [0.25, 0.3) is 10.9 Å². The third-order valence-corrected chi connectivity index (χ3v) is 3.52. The number of fused-ring (bicyclic) bond motifs is 1. The Morgan fingerprint density at radius 1 is 1.16 bits per heavy atom. The average molecular weight is 259 g/mol. The summed E-state index contributed by atoms with van der Waals surface area (Å²) in [6.45, 7) is 6.49. The van der Waals surface area contributed by atoms with Crippen LogP contribution >= 0.6 is 0 Å². The molecule has 2 rings (SSSR count). The zero-order valence-corrected chi connectivity index (χ0v) is 12.3. The maximum atomic E-state index is 3.51. The predicted octanol–water partition coefficient (Wildman–Crippen LogP) is 2.49. The lowest BCUT2D eigenvalue weighted by molar-refractivity contribution is 0.393. The molecule has 1 aromatic carbocycles. The van der Waals surface area contributed by atoms with E-state index in [-0.39, 0.29) is 0 Å². The summed E-state index contributed by atoms with van der Waals surface area (Å²) < 4.78 is 2.33. The second kappa shape index (κ2) is 6.73. The van der Waals surface area contributed by atoms with Crippen LogP contribution in [0.5, 0.6) is 0 Å². The Bertz CT molecular complexity index is 514. The number of hydrogen-bond acceptors (Lipinski definition) is 2. The molecule has 0 saturated heterocycles. The van der Waals surface area contributed by atoms with Gasteiger partial charge in [0.2, 0.25) is 0 Å². The molecule has 19 heavy (non-hydrogen) atoms. The Hall–Kier alpha value is -1.32. The number of nitrogens with zero attached hydrogens (tertiary/aromatic N) is 2. The quantitative estimate of drug-likeness (QED) is 0.771. The van der Waals surface area contributed by atoms with E-state index < -0.39 is 0 Å². The summed E-state index contributed by atoms with van der Waals surface area (Å²) in [6.07, 6.45) is 3.40. The lowest BCUT2D eigenvalue weighted by atomic mass is 10.1. The summed E-state index contributed by atoms with van der Waals surface area (Å²) >= 11 is 0. The molecule has 3 nitrogen and oxygen atoms in total. The molecule has 0 bridgehead atoms. The average Bonchev–Trinajstić information content (AvgIpc) is 2.78. The minimum Gasteiger partial charge on any atom is -0.346 e. The van der Waals surface area contributed by atoms with E-state index in [9.17, 15) is 0 Å². The van der Waals surface area contributed by atoms with Gasteiger partial charge in [-0.15, -0.1) is 0 Å². The number of benzene rings is 1. The van der Waals surface area contributed by atoms with Gasteiger partial charge in [-0.3, -0.25) is 0 Å². The molecule has 1 aromatic heterocycles.